The summed E-state index contributed by atoms with van der Waals surface area (Å²) >= 11 is 0. The van der Waals surface area contributed by atoms with Crippen LogP contribution in [0.25, 0.3) is 0 Å². The van der Waals surface area contributed by atoms with E-state index in [4.69, 9.17) is 4.74 Å². The molecule has 82 valence electrons. The van der Waals surface area contributed by atoms with Gasteiger partial charge in [-0.3, -0.25) is 4.79 Å². The highest BCUT2D eigenvalue weighted by Crippen LogP contribution is 2.45. The van der Waals surface area contributed by atoms with Crippen LogP contribution in [0.2, 0.25) is 0 Å². The number of hydrogen-bond acceptors (Lipinski definition) is 2. The smallest absolute Gasteiger partial charge is 0.167 e. The zero-order valence-electron chi connectivity index (χ0n) is 10.0. The van der Waals surface area contributed by atoms with Gasteiger partial charge < -0.3 is 4.74 Å². The fourth-order valence-corrected chi connectivity index (χ4v) is 1.64. The molecule has 0 aromatic rings. The maximum atomic E-state index is 11.9. The number of ketones is 1. The molecule has 14 heavy (non-hydrogen) atoms. The molecule has 0 N–H and O–H groups in total. The standard InChI is InChI=1S/C12H22O2/c1-6-11(4,5)14-12(7-8-12)10(13)9(2)3/h9H,6-8H2,1-5H3. The molecule has 0 spiro atoms. The molecular weight excluding hydrogens is 176 g/mol. The largest absolute Gasteiger partial charge is 0.361 e. The van der Waals surface area contributed by atoms with Crippen LogP contribution in [0.15, 0.2) is 0 Å². The summed E-state index contributed by atoms with van der Waals surface area (Å²) in [6.45, 7) is 10.1. The molecule has 0 radical (unpaired) electrons. The lowest BCUT2D eigenvalue weighted by Crippen LogP contribution is -2.38. The highest BCUT2D eigenvalue weighted by molar-refractivity contribution is 5.91. The van der Waals surface area contributed by atoms with Gasteiger partial charge in [0.2, 0.25) is 0 Å². The molecule has 0 aliphatic heterocycles. The van der Waals surface area contributed by atoms with E-state index in [-0.39, 0.29) is 17.3 Å². The van der Waals surface area contributed by atoms with Crippen molar-refractivity contribution < 1.29 is 9.53 Å². The van der Waals surface area contributed by atoms with E-state index in [1.54, 1.807) is 0 Å². The van der Waals surface area contributed by atoms with Crippen molar-refractivity contribution in [3.05, 3.63) is 0 Å². The Morgan fingerprint density at radius 2 is 1.93 bits per heavy atom. The van der Waals surface area contributed by atoms with E-state index < -0.39 is 5.60 Å². The SMILES string of the molecule is CCC(C)(C)OC1(C(=O)C(C)C)CC1. The molecule has 1 aliphatic rings. The predicted molar refractivity (Wildman–Crippen MR) is 57.3 cm³/mol. The van der Waals surface area contributed by atoms with Gasteiger partial charge >= 0.3 is 0 Å². The number of hydrogen-bond donors (Lipinski definition) is 0. The van der Waals surface area contributed by atoms with E-state index in [2.05, 4.69) is 20.8 Å². The molecule has 1 fully saturated rings. The van der Waals surface area contributed by atoms with Gasteiger partial charge in [-0.2, -0.15) is 0 Å². The first kappa shape index (κ1) is 11.7. The Balaban J connectivity index is 2.64. The molecular formula is C12H22O2. The minimum absolute atomic E-state index is 0.0881. The van der Waals surface area contributed by atoms with E-state index in [9.17, 15) is 4.79 Å². The van der Waals surface area contributed by atoms with Gasteiger partial charge in [0, 0.05) is 5.92 Å². The van der Waals surface area contributed by atoms with Crippen LogP contribution in [0.1, 0.15) is 53.9 Å². The van der Waals surface area contributed by atoms with Gasteiger partial charge in [-0.05, 0) is 33.1 Å². The first-order chi connectivity index (χ1) is 6.33. The van der Waals surface area contributed by atoms with Crippen molar-refractivity contribution in [2.24, 2.45) is 5.92 Å². The molecule has 0 heterocycles. The normalized spacial score (nSPS) is 19.9. The van der Waals surface area contributed by atoms with Crippen molar-refractivity contribution in [2.75, 3.05) is 0 Å². The van der Waals surface area contributed by atoms with Crippen LogP contribution in [0.4, 0.5) is 0 Å². The molecule has 0 aromatic carbocycles. The van der Waals surface area contributed by atoms with Crippen molar-refractivity contribution in [1.82, 2.24) is 0 Å². The number of Topliss-reactive ketones (excluding diaryl/α,β-unsaturated/α-hetero) is 1. The fourth-order valence-electron chi connectivity index (χ4n) is 1.64. The minimum atomic E-state index is -0.423. The summed E-state index contributed by atoms with van der Waals surface area (Å²) in [7, 11) is 0. The van der Waals surface area contributed by atoms with Crippen LogP contribution >= 0.6 is 0 Å². The number of ether oxygens (including phenoxy) is 1. The van der Waals surface area contributed by atoms with Crippen LogP contribution in [0.3, 0.4) is 0 Å². The van der Waals surface area contributed by atoms with Crippen molar-refractivity contribution in [3.8, 4) is 0 Å². The molecule has 1 aliphatic carbocycles. The highest BCUT2D eigenvalue weighted by Gasteiger charge is 2.53. The molecule has 0 atom stereocenters. The first-order valence-corrected chi connectivity index (χ1v) is 5.57. The van der Waals surface area contributed by atoms with Gasteiger partial charge in [0.1, 0.15) is 5.60 Å². The molecule has 0 amide bonds. The monoisotopic (exact) mass is 198 g/mol. The summed E-state index contributed by atoms with van der Waals surface area (Å²) in [6.07, 6.45) is 2.76. The lowest BCUT2D eigenvalue weighted by atomic mass is 10.00. The average molecular weight is 198 g/mol. The molecule has 0 saturated heterocycles. The number of carbonyl (C=O) groups excluding carboxylic acids is 1. The van der Waals surface area contributed by atoms with Gasteiger partial charge in [0.15, 0.2) is 5.78 Å². The molecule has 0 bridgehead atoms. The van der Waals surface area contributed by atoms with Gasteiger partial charge in [0.05, 0.1) is 5.60 Å². The quantitative estimate of drug-likeness (QED) is 0.679. The van der Waals surface area contributed by atoms with E-state index in [0.29, 0.717) is 0 Å². The third-order valence-corrected chi connectivity index (χ3v) is 3.00. The maximum absolute atomic E-state index is 11.9. The highest BCUT2D eigenvalue weighted by atomic mass is 16.5. The lowest BCUT2D eigenvalue weighted by Gasteiger charge is -2.30. The zero-order valence-corrected chi connectivity index (χ0v) is 10.0. The summed E-state index contributed by atoms with van der Waals surface area (Å²) in [5.74, 6) is 0.365. The van der Waals surface area contributed by atoms with Gasteiger partial charge in [0.25, 0.3) is 0 Å². The summed E-state index contributed by atoms with van der Waals surface area (Å²) in [6, 6.07) is 0. The zero-order chi connectivity index (χ0) is 11.0. The fraction of sp³-hybridized carbons (Fsp3) is 0.917. The Labute approximate surface area is 87.0 Å². The van der Waals surface area contributed by atoms with Crippen LogP contribution in [-0.2, 0) is 9.53 Å². The summed E-state index contributed by atoms with van der Waals surface area (Å²) in [5, 5.41) is 0. The van der Waals surface area contributed by atoms with E-state index in [1.807, 2.05) is 13.8 Å². The second-order valence-corrected chi connectivity index (χ2v) is 5.23. The molecule has 1 saturated carbocycles. The third-order valence-electron chi connectivity index (χ3n) is 3.00. The third kappa shape index (κ3) is 2.35. The van der Waals surface area contributed by atoms with Crippen molar-refractivity contribution in [2.45, 2.75) is 65.1 Å². The summed E-state index contributed by atoms with van der Waals surface area (Å²) in [4.78, 5) is 11.9. The average Bonchev–Trinajstić information content (AvgIpc) is 2.83. The lowest BCUT2D eigenvalue weighted by molar-refractivity contribution is -0.150. The number of rotatable bonds is 5. The summed E-state index contributed by atoms with van der Waals surface area (Å²) < 4.78 is 5.96. The second-order valence-electron chi connectivity index (χ2n) is 5.23. The van der Waals surface area contributed by atoms with Crippen LogP contribution < -0.4 is 0 Å². The van der Waals surface area contributed by atoms with Crippen molar-refractivity contribution in [1.29, 1.82) is 0 Å². The molecule has 2 nitrogen and oxygen atoms in total. The van der Waals surface area contributed by atoms with Crippen LogP contribution in [0, 0.1) is 5.92 Å². The van der Waals surface area contributed by atoms with Gasteiger partial charge in [-0.15, -0.1) is 0 Å². The Bertz CT molecular complexity index is 224. The first-order valence-electron chi connectivity index (χ1n) is 5.57. The molecule has 0 aromatic heterocycles. The number of carbonyl (C=O) groups is 1. The van der Waals surface area contributed by atoms with E-state index in [1.165, 1.54) is 0 Å². The van der Waals surface area contributed by atoms with Crippen LogP contribution in [0.5, 0.6) is 0 Å². The summed E-state index contributed by atoms with van der Waals surface area (Å²) in [5.41, 5.74) is -0.589. The van der Waals surface area contributed by atoms with Crippen LogP contribution in [-0.4, -0.2) is 17.0 Å². The minimum Gasteiger partial charge on any atom is -0.361 e. The predicted octanol–water partition coefficient (Wildman–Crippen LogP) is 2.95. The van der Waals surface area contributed by atoms with E-state index >= 15 is 0 Å². The Hall–Kier alpha value is -0.370. The Morgan fingerprint density at radius 3 is 2.21 bits per heavy atom. The van der Waals surface area contributed by atoms with Crippen molar-refractivity contribution in [3.63, 3.8) is 0 Å². The topological polar surface area (TPSA) is 26.3 Å². The van der Waals surface area contributed by atoms with Gasteiger partial charge in [-0.1, -0.05) is 20.8 Å². The molecule has 0 unspecified atom stereocenters. The Morgan fingerprint density at radius 1 is 1.43 bits per heavy atom. The maximum Gasteiger partial charge on any atom is 0.167 e. The second kappa shape index (κ2) is 3.65. The Kier molecular flexibility index (Phi) is 3.05. The van der Waals surface area contributed by atoms with Crippen molar-refractivity contribution >= 4 is 5.78 Å². The van der Waals surface area contributed by atoms with Gasteiger partial charge in [-0.25, -0.2) is 0 Å². The molecule has 1 rings (SSSR count). The molecule has 2 heteroatoms. The van der Waals surface area contributed by atoms with E-state index in [0.717, 1.165) is 19.3 Å².